The van der Waals surface area contributed by atoms with Gasteiger partial charge in [-0.3, -0.25) is 4.90 Å². The number of rotatable bonds is 6. The first kappa shape index (κ1) is 18.1. The third-order valence-electron chi connectivity index (χ3n) is 5.15. The summed E-state index contributed by atoms with van der Waals surface area (Å²) in [5.74, 6) is 1.66. The second-order valence-corrected chi connectivity index (χ2v) is 7.98. The Kier molecular flexibility index (Phi) is 5.54. The minimum atomic E-state index is -0.592. The molecule has 5 heteroatoms. The van der Waals surface area contributed by atoms with Crippen LogP contribution in [0.2, 0.25) is 0 Å². The molecule has 136 valence electrons. The molecular formula is C20H30N4O. The fourth-order valence-corrected chi connectivity index (χ4v) is 3.53. The maximum atomic E-state index is 9.84. The molecule has 1 aromatic carbocycles. The molecule has 3 rings (SSSR count). The molecule has 0 aliphatic carbocycles. The summed E-state index contributed by atoms with van der Waals surface area (Å²) in [5, 5.41) is 18.1. The first-order chi connectivity index (χ1) is 11.9. The Morgan fingerprint density at radius 3 is 2.32 bits per heavy atom. The number of aryl methyl sites for hydroxylation is 2. The summed E-state index contributed by atoms with van der Waals surface area (Å²) in [6.07, 6.45) is 5.81. The zero-order valence-corrected chi connectivity index (χ0v) is 15.6. The van der Waals surface area contributed by atoms with E-state index in [-0.39, 0.29) is 0 Å². The van der Waals surface area contributed by atoms with E-state index in [2.05, 4.69) is 39.4 Å². The highest BCUT2D eigenvalue weighted by Crippen LogP contribution is 2.27. The van der Waals surface area contributed by atoms with E-state index in [1.807, 2.05) is 25.5 Å². The van der Waals surface area contributed by atoms with Crippen molar-refractivity contribution in [2.75, 3.05) is 13.1 Å². The molecule has 0 unspecified atom stereocenters. The lowest BCUT2D eigenvalue weighted by atomic mass is 9.95. The normalized spacial score (nSPS) is 17.1. The highest BCUT2D eigenvalue weighted by molar-refractivity contribution is 5.23. The highest BCUT2D eigenvalue weighted by Gasteiger charge is 2.23. The summed E-state index contributed by atoms with van der Waals surface area (Å²) < 4.78 is 2.05. The highest BCUT2D eigenvalue weighted by atomic mass is 16.3. The maximum absolute atomic E-state index is 9.84. The molecule has 0 atom stereocenters. The lowest BCUT2D eigenvalue weighted by molar-refractivity contribution is 0.0714. The number of nitrogens with zero attached hydrogens (tertiary/aromatic N) is 4. The van der Waals surface area contributed by atoms with Crippen molar-refractivity contribution in [3.63, 3.8) is 0 Å². The number of aromatic nitrogens is 3. The molecule has 1 N–H and O–H groups in total. The quantitative estimate of drug-likeness (QED) is 0.877. The van der Waals surface area contributed by atoms with Gasteiger partial charge in [0.1, 0.15) is 12.2 Å². The molecule has 1 aliphatic rings. The molecule has 0 saturated carbocycles. The average Bonchev–Trinajstić information content (AvgIpc) is 3.00. The third kappa shape index (κ3) is 5.13. The molecule has 0 bridgehead atoms. The van der Waals surface area contributed by atoms with Crippen LogP contribution in [0.4, 0.5) is 0 Å². The van der Waals surface area contributed by atoms with Gasteiger partial charge in [-0.25, -0.2) is 0 Å². The predicted molar refractivity (Wildman–Crippen MR) is 99.3 cm³/mol. The summed E-state index contributed by atoms with van der Waals surface area (Å²) in [6, 6.07) is 8.86. The number of piperidine rings is 1. The fraction of sp³-hybridized carbons (Fsp3) is 0.600. The topological polar surface area (TPSA) is 54.2 Å². The summed E-state index contributed by atoms with van der Waals surface area (Å²) in [7, 11) is 2.03. The Bertz CT molecular complexity index is 664. The maximum Gasteiger partial charge on any atom is 0.135 e. The predicted octanol–water partition coefficient (Wildman–Crippen LogP) is 2.90. The van der Waals surface area contributed by atoms with Crippen molar-refractivity contribution in [1.82, 2.24) is 19.7 Å². The minimum Gasteiger partial charge on any atom is -0.390 e. The molecule has 2 heterocycles. The zero-order valence-electron chi connectivity index (χ0n) is 15.6. The van der Waals surface area contributed by atoms with Gasteiger partial charge in [0.15, 0.2) is 0 Å². The van der Waals surface area contributed by atoms with Gasteiger partial charge in [-0.1, -0.05) is 24.3 Å². The first-order valence-electron chi connectivity index (χ1n) is 9.27. The smallest absolute Gasteiger partial charge is 0.135 e. The van der Waals surface area contributed by atoms with Crippen LogP contribution in [0.15, 0.2) is 30.6 Å². The van der Waals surface area contributed by atoms with Gasteiger partial charge in [-0.15, -0.1) is 10.2 Å². The van der Waals surface area contributed by atoms with Crippen molar-refractivity contribution in [1.29, 1.82) is 0 Å². The van der Waals surface area contributed by atoms with Gasteiger partial charge in [0.25, 0.3) is 0 Å². The molecule has 2 aromatic rings. The van der Waals surface area contributed by atoms with Gasteiger partial charge in [0.2, 0.25) is 0 Å². The molecule has 5 nitrogen and oxygen atoms in total. The van der Waals surface area contributed by atoms with Crippen molar-refractivity contribution in [3.8, 4) is 0 Å². The van der Waals surface area contributed by atoms with Gasteiger partial charge < -0.3 is 9.67 Å². The number of hydrogen-bond donors (Lipinski definition) is 1. The van der Waals surface area contributed by atoms with Crippen LogP contribution in [-0.4, -0.2) is 43.5 Å². The number of hydrogen-bond acceptors (Lipinski definition) is 4. The molecular weight excluding hydrogens is 312 g/mol. The fourth-order valence-electron chi connectivity index (χ4n) is 3.53. The molecule has 1 aliphatic heterocycles. The van der Waals surface area contributed by atoms with E-state index < -0.39 is 5.60 Å². The van der Waals surface area contributed by atoms with Gasteiger partial charge >= 0.3 is 0 Å². The second kappa shape index (κ2) is 7.67. The Hall–Kier alpha value is -1.72. The number of aliphatic hydroxyl groups is 1. The van der Waals surface area contributed by atoms with Crippen LogP contribution in [0.5, 0.6) is 0 Å². The van der Waals surface area contributed by atoms with Crippen molar-refractivity contribution < 1.29 is 5.11 Å². The van der Waals surface area contributed by atoms with Crippen molar-refractivity contribution in [3.05, 3.63) is 47.5 Å². The largest absolute Gasteiger partial charge is 0.390 e. The zero-order chi connectivity index (χ0) is 17.9. The first-order valence-corrected chi connectivity index (χ1v) is 9.27. The summed E-state index contributed by atoms with van der Waals surface area (Å²) in [4.78, 5) is 2.53. The van der Waals surface area contributed by atoms with Crippen molar-refractivity contribution in [2.24, 2.45) is 7.05 Å². The van der Waals surface area contributed by atoms with Crippen LogP contribution in [0.1, 0.15) is 56.0 Å². The van der Waals surface area contributed by atoms with E-state index in [0.29, 0.717) is 5.92 Å². The molecule has 0 radical (unpaired) electrons. The Morgan fingerprint density at radius 2 is 1.76 bits per heavy atom. The summed E-state index contributed by atoms with van der Waals surface area (Å²) in [6.45, 7) is 6.96. The van der Waals surface area contributed by atoms with Gasteiger partial charge in [-0.05, 0) is 63.7 Å². The van der Waals surface area contributed by atoms with Gasteiger partial charge in [-0.2, -0.15) is 0 Å². The van der Waals surface area contributed by atoms with E-state index in [0.717, 1.165) is 51.1 Å². The monoisotopic (exact) mass is 342 g/mol. The van der Waals surface area contributed by atoms with Crippen LogP contribution < -0.4 is 0 Å². The van der Waals surface area contributed by atoms with Crippen LogP contribution in [-0.2, 0) is 20.0 Å². The van der Waals surface area contributed by atoms with E-state index in [4.69, 9.17) is 0 Å². The van der Waals surface area contributed by atoms with Gasteiger partial charge in [0, 0.05) is 19.5 Å². The molecule has 0 spiro atoms. The minimum absolute atomic E-state index is 0.535. The van der Waals surface area contributed by atoms with E-state index in [9.17, 15) is 5.11 Å². The number of benzene rings is 1. The van der Waals surface area contributed by atoms with E-state index in [1.165, 1.54) is 11.1 Å². The van der Waals surface area contributed by atoms with Gasteiger partial charge in [0.05, 0.1) is 5.60 Å². The molecule has 1 saturated heterocycles. The Balaban J connectivity index is 1.48. The van der Waals surface area contributed by atoms with E-state index >= 15 is 0 Å². The third-order valence-corrected chi connectivity index (χ3v) is 5.15. The van der Waals surface area contributed by atoms with Crippen LogP contribution in [0.25, 0.3) is 0 Å². The molecule has 1 aromatic heterocycles. The van der Waals surface area contributed by atoms with E-state index in [1.54, 1.807) is 6.33 Å². The summed E-state index contributed by atoms with van der Waals surface area (Å²) in [5.41, 5.74) is 2.07. The summed E-state index contributed by atoms with van der Waals surface area (Å²) >= 11 is 0. The van der Waals surface area contributed by atoms with Crippen molar-refractivity contribution in [2.45, 2.75) is 57.6 Å². The lowest BCUT2D eigenvalue weighted by Crippen LogP contribution is -2.33. The standard InChI is InChI=1S/C20H30N4O/c1-20(2,25)11-8-16-4-6-17(7-5-16)14-24-12-9-18(10-13-24)19-22-21-15-23(19)3/h4-7,15,18,25H,8-14H2,1-3H3. The van der Waals surface area contributed by atoms with Crippen LogP contribution >= 0.6 is 0 Å². The van der Waals surface area contributed by atoms with Crippen molar-refractivity contribution >= 4 is 0 Å². The number of likely N-dealkylation sites (tertiary alicyclic amines) is 1. The molecule has 1 fully saturated rings. The Morgan fingerprint density at radius 1 is 1.12 bits per heavy atom. The second-order valence-electron chi connectivity index (χ2n) is 7.98. The Labute approximate surface area is 150 Å². The van der Waals surface area contributed by atoms with Crippen LogP contribution in [0, 0.1) is 0 Å². The average molecular weight is 342 g/mol. The molecule has 25 heavy (non-hydrogen) atoms. The molecule has 0 amide bonds. The van der Waals surface area contributed by atoms with Crippen LogP contribution in [0.3, 0.4) is 0 Å². The lowest BCUT2D eigenvalue weighted by Gasteiger charge is -2.31. The SMILES string of the molecule is Cn1cnnc1C1CCN(Cc2ccc(CCC(C)(C)O)cc2)CC1.